The number of nitrogens with zero attached hydrogens (tertiary/aromatic N) is 4. The van der Waals surface area contributed by atoms with Crippen LogP contribution in [0.15, 0.2) is 122 Å². The Bertz CT molecular complexity index is 3460. The Kier molecular flexibility index (Phi) is 13.4. The van der Waals surface area contributed by atoms with Gasteiger partial charge in [-0.2, -0.15) is 0 Å². The molecule has 0 fully saturated rings. The molecule has 0 aliphatic carbocycles. The Morgan fingerprint density at radius 1 is 0.250 bits per heavy atom. The third kappa shape index (κ3) is 12.9. The van der Waals surface area contributed by atoms with Gasteiger partial charge in [0.2, 0.25) is 22.8 Å². The summed E-state index contributed by atoms with van der Waals surface area (Å²) in [4.78, 5) is 0. The average molecular weight is 914 g/mol. The summed E-state index contributed by atoms with van der Waals surface area (Å²) in [7, 11) is 7.91. The van der Waals surface area contributed by atoms with E-state index in [4.69, 9.17) is 12.3 Å². The van der Waals surface area contributed by atoms with Gasteiger partial charge in [0.05, 0.1) is 0 Å². The Balaban J connectivity index is 0.000000191. The van der Waals surface area contributed by atoms with Gasteiger partial charge in [-0.15, -0.1) is 0 Å². The third-order valence-electron chi connectivity index (χ3n) is 12.9. The highest BCUT2D eigenvalue weighted by Crippen LogP contribution is 2.26. The molecule has 352 valence electrons. The molecule has 0 radical (unpaired) electrons. The summed E-state index contributed by atoms with van der Waals surface area (Å²) in [6, 6.07) is 33.0. The lowest BCUT2D eigenvalue weighted by atomic mass is 10.00. The molecule has 4 heteroatoms. The van der Waals surface area contributed by atoms with E-state index in [2.05, 4.69) is 172 Å². The van der Waals surface area contributed by atoms with E-state index in [1.807, 2.05) is 37.6 Å². The molecule has 0 saturated heterocycles. The van der Waals surface area contributed by atoms with Gasteiger partial charge in [-0.3, -0.25) is 0 Å². The van der Waals surface area contributed by atoms with Crippen LogP contribution in [0.25, 0.3) is 45.0 Å². The van der Waals surface area contributed by atoms with E-state index in [1.165, 1.54) is 78.1 Å². The summed E-state index contributed by atoms with van der Waals surface area (Å²) in [6.07, 6.45) is 7.74. The lowest BCUT2D eigenvalue weighted by Crippen LogP contribution is -2.31. The second-order valence-electron chi connectivity index (χ2n) is 19.0. The van der Waals surface area contributed by atoms with Crippen molar-refractivity contribution < 1.29 is 30.6 Å². The first-order chi connectivity index (χ1) is 35.6. The van der Waals surface area contributed by atoms with E-state index < -0.39 is 20.6 Å². The predicted molar refractivity (Wildman–Crippen MR) is 288 cm³/mol. The number of hydrogen-bond acceptors (Lipinski definition) is 0. The van der Waals surface area contributed by atoms with Crippen LogP contribution in [0.1, 0.15) is 101 Å². The van der Waals surface area contributed by atoms with Gasteiger partial charge in [0.25, 0.3) is 0 Å². The van der Waals surface area contributed by atoms with E-state index in [9.17, 15) is 0 Å². The molecule has 0 saturated carbocycles. The molecule has 4 nitrogen and oxygen atoms in total. The molecule has 4 aromatic carbocycles. The van der Waals surface area contributed by atoms with Crippen molar-refractivity contribution in [3.8, 4) is 45.0 Å². The maximum Gasteiger partial charge on any atom is 0.212 e. The number of pyridine rings is 4. The maximum atomic E-state index is 7.58. The highest BCUT2D eigenvalue weighted by molar-refractivity contribution is 5.65. The van der Waals surface area contributed by atoms with Crippen molar-refractivity contribution in [3.05, 3.63) is 211 Å². The van der Waals surface area contributed by atoms with Gasteiger partial charge in [-0.25, -0.2) is 18.3 Å². The standard InChI is InChI=1S/4C16H20N/c2*1-11-6-7-15(13(3)8-11)16-9-12(2)14(4)10-17(16)5;2*1-11-6-7-12(2)15(8-11)16-9-13(3)14(4)10-17(16)5/h4*6-10H,1-5H3/q4*+1/i1D3,4D3;;4D3;. The molecule has 0 N–H and O–H groups in total. The van der Waals surface area contributed by atoms with Gasteiger partial charge in [0.15, 0.2) is 24.8 Å². The van der Waals surface area contributed by atoms with E-state index in [0.717, 1.165) is 33.6 Å². The van der Waals surface area contributed by atoms with Gasteiger partial charge in [-0.05, 0) is 179 Å². The van der Waals surface area contributed by atoms with E-state index >= 15 is 0 Å². The topological polar surface area (TPSA) is 15.5 Å². The highest BCUT2D eigenvalue weighted by atomic mass is 14.9. The molecule has 0 atom stereocenters. The van der Waals surface area contributed by atoms with Crippen LogP contribution in [-0.2, 0) is 28.2 Å². The minimum absolute atomic E-state index is 0.303. The predicted octanol–water partition coefficient (Wildman–Crippen LogP) is 13.6. The van der Waals surface area contributed by atoms with Crippen LogP contribution >= 0.6 is 0 Å². The molecular formula is C64H80N4+4. The van der Waals surface area contributed by atoms with Crippen LogP contribution < -0.4 is 18.3 Å². The SMILES string of the molecule is Cc1ccc(-c2cc(C)c(C)c[n+]2C)c(C)c1.Cc1ccc(C)c(-c2cc(C)c(C)c[n+]2C)c1.[2H]C([2H])([2H])c1c[n+](C)c(-c2cc(C)ccc2C)cc1C.[2H]C([2H])([2H])c1ccc(-c2cc(C)c(C([2H])([2H])[2H])c[n+]2C)c(C)c1. The maximum absolute atomic E-state index is 7.58. The number of aromatic nitrogens is 4. The van der Waals surface area contributed by atoms with Crippen LogP contribution in [-0.4, -0.2) is 0 Å². The van der Waals surface area contributed by atoms with E-state index in [1.54, 1.807) is 49.1 Å². The van der Waals surface area contributed by atoms with Gasteiger partial charge >= 0.3 is 0 Å². The van der Waals surface area contributed by atoms with Gasteiger partial charge < -0.3 is 0 Å². The lowest BCUT2D eigenvalue weighted by Gasteiger charge is -2.07. The van der Waals surface area contributed by atoms with Crippen molar-refractivity contribution in [1.82, 2.24) is 0 Å². The molecule has 0 aliphatic heterocycles. The van der Waals surface area contributed by atoms with Crippen LogP contribution in [0.5, 0.6) is 0 Å². The zero-order chi connectivity index (χ0) is 57.8. The van der Waals surface area contributed by atoms with Gasteiger partial charge in [-0.1, -0.05) is 70.8 Å². The fourth-order valence-electron chi connectivity index (χ4n) is 8.41. The van der Waals surface area contributed by atoms with Crippen molar-refractivity contribution in [1.29, 1.82) is 0 Å². The van der Waals surface area contributed by atoms with Crippen molar-refractivity contribution >= 4 is 0 Å². The first-order valence-electron chi connectivity index (χ1n) is 27.9. The molecular weight excluding hydrogens is 825 g/mol. The fraction of sp³-hybridized carbons (Fsp3) is 0.312. The van der Waals surface area contributed by atoms with Crippen molar-refractivity contribution in [2.24, 2.45) is 28.2 Å². The average Bonchev–Trinajstić information content (AvgIpc) is 3.32. The summed E-state index contributed by atoms with van der Waals surface area (Å²) in [5, 5.41) is 0. The largest absolute Gasteiger partial charge is 0.212 e. The van der Waals surface area contributed by atoms with Crippen LogP contribution in [0.2, 0.25) is 0 Å². The zero-order valence-corrected chi connectivity index (χ0v) is 43.8. The van der Waals surface area contributed by atoms with Crippen molar-refractivity contribution in [3.63, 3.8) is 0 Å². The molecule has 4 heterocycles. The number of benzene rings is 4. The lowest BCUT2D eigenvalue weighted by molar-refractivity contribution is -0.660. The third-order valence-corrected chi connectivity index (χ3v) is 12.9. The summed E-state index contributed by atoms with van der Waals surface area (Å²) >= 11 is 0. The fourth-order valence-corrected chi connectivity index (χ4v) is 8.41. The molecule has 8 rings (SSSR count). The molecule has 8 aromatic rings. The number of aryl methyl sites for hydroxylation is 20. The van der Waals surface area contributed by atoms with Crippen LogP contribution in [0, 0.1) is 111 Å². The molecule has 0 amide bonds. The Labute approximate surface area is 424 Å². The normalized spacial score (nSPS) is 13.2. The molecule has 68 heavy (non-hydrogen) atoms. The second kappa shape index (κ2) is 22.5. The summed E-state index contributed by atoms with van der Waals surface area (Å²) in [5.41, 5.74) is 25.6. The van der Waals surface area contributed by atoms with Crippen LogP contribution in [0.3, 0.4) is 0 Å². The molecule has 0 aliphatic rings. The van der Waals surface area contributed by atoms with E-state index in [0.29, 0.717) is 22.3 Å². The first kappa shape index (κ1) is 40.5. The minimum atomic E-state index is -2.15. The molecule has 0 spiro atoms. The Morgan fingerprint density at radius 2 is 0.544 bits per heavy atom. The summed E-state index contributed by atoms with van der Waals surface area (Å²) in [6.45, 7) is 20.5. The van der Waals surface area contributed by atoms with Crippen molar-refractivity contribution in [2.75, 3.05) is 0 Å². The van der Waals surface area contributed by atoms with Gasteiger partial charge in [0.1, 0.15) is 28.2 Å². The highest BCUT2D eigenvalue weighted by Gasteiger charge is 2.18. The monoisotopic (exact) mass is 914 g/mol. The smallest absolute Gasteiger partial charge is 0.201 e. The summed E-state index contributed by atoms with van der Waals surface area (Å²) in [5.74, 6) is 0. The Morgan fingerprint density at radius 3 is 0.897 bits per heavy atom. The van der Waals surface area contributed by atoms with Crippen molar-refractivity contribution in [2.45, 2.75) is 111 Å². The molecule has 4 aromatic heterocycles. The van der Waals surface area contributed by atoms with Gasteiger partial charge in [0, 0.05) is 81.1 Å². The number of rotatable bonds is 4. The molecule has 0 bridgehead atoms. The quantitative estimate of drug-likeness (QED) is 0.156. The Hall–Kier alpha value is -6.52. The second-order valence-corrected chi connectivity index (χ2v) is 19.0. The van der Waals surface area contributed by atoms with E-state index in [-0.39, 0.29) is 0 Å². The zero-order valence-electron chi connectivity index (χ0n) is 52.8. The molecule has 0 unspecified atom stereocenters. The van der Waals surface area contributed by atoms with Crippen LogP contribution in [0.4, 0.5) is 0 Å². The first-order valence-corrected chi connectivity index (χ1v) is 23.4. The minimum Gasteiger partial charge on any atom is -0.201 e. The summed E-state index contributed by atoms with van der Waals surface area (Å²) < 4.78 is 76.0. The number of hydrogen-bond donors (Lipinski definition) is 0.